The van der Waals surface area contributed by atoms with Crippen molar-refractivity contribution in [2.24, 2.45) is 0 Å². The van der Waals surface area contributed by atoms with Crippen molar-refractivity contribution in [1.82, 2.24) is 0 Å². The number of benzene rings is 3. The second kappa shape index (κ2) is 10.2. The van der Waals surface area contributed by atoms with E-state index in [1.807, 2.05) is 66.7 Å². The third kappa shape index (κ3) is 5.40. The van der Waals surface area contributed by atoms with Gasteiger partial charge in [-0.3, -0.25) is 0 Å². The predicted molar refractivity (Wildman–Crippen MR) is 123 cm³/mol. The summed E-state index contributed by atoms with van der Waals surface area (Å²) >= 11 is 1.72. The van der Waals surface area contributed by atoms with E-state index in [2.05, 4.69) is 6.07 Å². The lowest BCUT2D eigenvalue weighted by Gasteiger charge is -2.36. The third-order valence-electron chi connectivity index (χ3n) is 5.29. The van der Waals surface area contributed by atoms with Crippen LogP contribution in [0.5, 0.6) is 5.75 Å². The molecule has 31 heavy (non-hydrogen) atoms. The normalized spacial score (nSPS) is 21.0. The van der Waals surface area contributed by atoms with Gasteiger partial charge < -0.3 is 25.1 Å². The van der Waals surface area contributed by atoms with E-state index in [1.54, 1.807) is 18.9 Å². The summed E-state index contributed by atoms with van der Waals surface area (Å²) in [6.45, 7) is 0.0268. The topological polar surface area (TPSA) is 73.9 Å². The first kappa shape index (κ1) is 21.7. The Morgan fingerprint density at radius 3 is 2.55 bits per heavy atom. The summed E-state index contributed by atoms with van der Waals surface area (Å²) in [6, 6.07) is 23.5. The van der Waals surface area contributed by atoms with Gasteiger partial charge in [0.05, 0.1) is 25.9 Å². The van der Waals surface area contributed by atoms with E-state index >= 15 is 0 Å². The highest BCUT2D eigenvalue weighted by Gasteiger charge is 2.32. The summed E-state index contributed by atoms with van der Waals surface area (Å²) in [5.41, 5.74) is 9.53. The Balaban J connectivity index is 1.54. The summed E-state index contributed by atoms with van der Waals surface area (Å²) in [5, 5.41) is 9.34. The molecule has 3 atom stereocenters. The number of hydrogen-bond donors (Lipinski definition) is 2. The minimum atomic E-state index is -0.497. The van der Waals surface area contributed by atoms with Gasteiger partial charge in [0.15, 0.2) is 6.29 Å². The number of ether oxygens (including phenoxy) is 3. The first-order valence-corrected chi connectivity index (χ1v) is 11.3. The maximum Gasteiger partial charge on any atom is 0.184 e. The van der Waals surface area contributed by atoms with E-state index < -0.39 is 6.29 Å². The van der Waals surface area contributed by atoms with Gasteiger partial charge in [0.1, 0.15) is 5.75 Å². The van der Waals surface area contributed by atoms with Gasteiger partial charge in [-0.05, 0) is 35.4 Å². The van der Waals surface area contributed by atoms with Gasteiger partial charge in [-0.25, -0.2) is 0 Å². The minimum absolute atomic E-state index is 0.0161. The number of rotatable bonds is 7. The number of nitrogens with two attached hydrogens (primary N) is 1. The molecule has 1 saturated heterocycles. The Labute approximate surface area is 187 Å². The summed E-state index contributed by atoms with van der Waals surface area (Å²) in [4.78, 5) is 1.09. The smallest absolute Gasteiger partial charge is 0.184 e. The van der Waals surface area contributed by atoms with Crippen LogP contribution in [0.1, 0.15) is 35.5 Å². The minimum Gasteiger partial charge on any atom is -0.496 e. The molecule has 5 nitrogen and oxygen atoms in total. The number of aliphatic hydroxyl groups excluding tert-OH is 1. The molecule has 0 spiro atoms. The number of para-hydroxylation sites is 1. The standard InChI is InChI=1S/C25H27NO4S/c1-28-22-7-2-3-8-24(22)31-16-21-14-23(18-11-9-17(15-27)10-12-18)30-25(29-21)19-5-4-6-20(26)13-19/h2-13,21,23,25,27H,14-16,26H2,1H3/t21-,23+,25+/m1/s1. The second-order valence-corrected chi connectivity index (χ2v) is 8.54. The molecule has 1 fully saturated rings. The van der Waals surface area contributed by atoms with Gasteiger partial charge in [-0.1, -0.05) is 48.5 Å². The molecule has 3 aromatic rings. The van der Waals surface area contributed by atoms with Crippen molar-refractivity contribution < 1.29 is 19.3 Å². The first-order chi connectivity index (χ1) is 15.2. The van der Waals surface area contributed by atoms with Gasteiger partial charge in [0.2, 0.25) is 0 Å². The molecule has 1 aliphatic heterocycles. The predicted octanol–water partition coefficient (Wildman–Crippen LogP) is 5.11. The van der Waals surface area contributed by atoms with Crippen LogP contribution in [0.2, 0.25) is 0 Å². The Morgan fingerprint density at radius 1 is 1.00 bits per heavy atom. The largest absolute Gasteiger partial charge is 0.496 e. The van der Waals surface area contributed by atoms with Crippen LogP contribution in [-0.2, 0) is 16.1 Å². The quantitative estimate of drug-likeness (QED) is 0.395. The molecule has 162 valence electrons. The molecule has 0 saturated carbocycles. The van der Waals surface area contributed by atoms with E-state index in [1.165, 1.54) is 0 Å². The highest BCUT2D eigenvalue weighted by molar-refractivity contribution is 7.99. The van der Waals surface area contributed by atoms with Crippen molar-refractivity contribution in [1.29, 1.82) is 0 Å². The van der Waals surface area contributed by atoms with Crippen LogP contribution < -0.4 is 10.5 Å². The zero-order valence-corrected chi connectivity index (χ0v) is 18.3. The molecule has 3 aromatic carbocycles. The molecule has 1 heterocycles. The molecule has 0 bridgehead atoms. The molecule has 4 rings (SSSR count). The van der Waals surface area contributed by atoms with Crippen LogP contribution in [0, 0.1) is 0 Å². The lowest BCUT2D eigenvalue weighted by Crippen LogP contribution is -2.31. The maximum atomic E-state index is 9.34. The van der Waals surface area contributed by atoms with Gasteiger partial charge in [-0.2, -0.15) is 0 Å². The summed E-state index contributed by atoms with van der Waals surface area (Å²) < 4.78 is 18.2. The number of nitrogen functional groups attached to an aromatic ring is 1. The molecule has 3 N–H and O–H groups in total. The zero-order valence-electron chi connectivity index (χ0n) is 17.4. The molecular formula is C25H27NO4S. The van der Waals surface area contributed by atoms with E-state index in [0.717, 1.165) is 39.5 Å². The first-order valence-electron chi connectivity index (χ1n) is 10.3. The number of methoxy groups -OCH3 is 1. The fraction of sp³-hybridized carbons (Fsp3) is 0.280. The third-order valence-corrected chi connectivity index (χ3v) is 6.48. The number of aliphatic hydroxyl groups is 1. The van der Waals surface area contributed by atoms with Crippen LogP contribution in [0.4, 0.5) is 5.69 Å². The molecule has 0 aromatic heterocycles. The van der Waals surface area contributed by atoms with Crippen LogP contribution in [-0.4, -0.2) is 24.1 Å². The van der Waals surface area contributed by atoms with Gasteiger partial charge >= 0.3 is 0 Å². The van der Waals surface area contributed by atoms with Crippen molar-refractivity contribution >= 4 is 17.4 Å². The monoisotopic (exact) mass is 437 g/mol. The number of hydrogen-bond acceptors (Lipinski definition) is 6. The highest BCUT2D eigenvalue weighted by atomic mass is 32.2. The highest BCUT2D eigenvalue weighted by Crippen LogP contribution is 2.40. The van der Waals surface area contributed by atoms with E-state index in [-0.39, 0.29) is 18.8 Å². The van der Waals surface area contributed by atoms with Crippen LogP contribution >= 0.6 is 11.8 Å². The lowest BCUT2D eigenvalue weighted by molar-refractivity contribution is -0.245. The van der Waals surface area contributed by atoms with E-state index in [9.17, 15) is 5.11 Å². The second-order valence-electron chi connectivity index (χ2n) is 7.48. The van der Waals surface area contributed by atoms with Crippen molar-refractivity contribution in [2.75, 3.05) is 18.6 Å². The van der Waals surface area contributed by atoms with Crippen molar-refractivity contribution in [2.45, 2.75) is 36.4 Å². The van der Waals surface area contributed by atoms with Crippen LogP contribution in [0.3, 0.4) is 0 Å². The van der Waals surface area contributed by atoms with Crippen LogP contribution in [0.15, 0.2) is 77.7 Å². The van der Waals surface area contributed by atoms with Crippen molar-refractivity contribution in [3.8, 4) is 5.75 Å². The summed E-state index contributed by atoms with van der Waals surface area (Å²) in [6.07, 6.45) is 0.108. The van der Waals surface area contributed by atoms with Gasteiger partial charge in [0, 0.05) is 28.3 Å². The Bertz CT molecular complexity index is 995. The molecule has 0 amide bonds. The number of thioether (sulfide) groups is 1. The Morgan fingerprint density at radius 2 is 1.81 bits per heavy atom. The van der Waals surface area contributed by atoms with Gasteiger partial charge in [0.25, 0.3) is 0 Å². The Kier molecular flexibility index (Phi) is 7.14. The van der Waals surface area contributed by atoms with Crippen molar-refractivity contribution in [3.63, 3.8) is 0 Å². The van der Waals surface area contributed by atoms with E-state index in [4.69, 9.17) is 19.9 Å². The average Bonchev–Trinajstić information content (AvgIpc) is 2.82. The van der Waals surface area contributed by atoms with Crippen LogP contribution in [0.25, 0.3) is 0 Å². The molecular weight excluding hydrogens is 410 g/mol. The molecule has 0 aliphatic carbocycles. The fourth-order valence-electron chi connectivity index (χ4n) is 3.65. The molecule has 6 heteroatoms. The zero-order chi connectivity index (χ0) is 21.6. The molecule has 1 aliphatic rings. The lowest BCUT2D eigenvalue weighted by atomic mass is 10.0. The van der Waals surface area contributed by atoms with Crippen molar-refractivity contribution in [3.05, 3.63) is 89.5 Å². The maximum absolute atomic E-state index is 9.34. The summed E-state index contributed by atoms with van der Waals surface area (Å²) in [5.74, 6) is 1.64. The average molecular weight is 438 g/mol. The molecule has 0 unspecified atom stereocenters. The van der Waals surface area contributed by atoms with Gasteiger partial charge in [-0.15, -0.1) is 11.8 Å². The summed E-state index contributed by atoms with van der Waals surface area (Å²) in [7, 11) is 1.69. The molecule has 0 radical (unpaired) electrons. The fourth-order valence-corrected chi connectivity index (χ4v) is 4.70. The van der Waals surface area contributed by atoms with E-state index in [0.29, 0.717) is 5.69 Å². The number of anilines is 1. The Hall–Kier alpha value is -2.51. The SMILES string of the molecule is COc1ccccc1SC[C@H]1C[C@@H](c2ccc(CO)cc2)O[C@@H](c2cccc(N)c2)O1.